The van der Waals surface area contributed by atoms with Crippen LogP contribution in [-0.4, -0.2) is 10.2 Å². The average Bonchev–Trinajstić information content (AvgIpc) is 2.27. The Labute approximate surface area is 101 Å². The molecule has 0 bridgehead atoms. The summed E-state index contributed by atoms with van der Waals surface area (Å²) in [5.41, 5.74) is 0. The topological polar surface area (TPSA) is 49.7 Å². The summed E-state index contributed by atoms with van der Waals surface area (Å²) in [5.74, 6) is 1.59. The summed E-state index contributed by atoms with van der Waals surface area (Å²) in [6.45, 7) is 0. The van der Waals surface area contributed by atoms with E-state index in [2.05, 4.69) is 15.9 Å². The molecule has 0 heterocycles. The quantitative estimate of drug-likeness (QED) is 0.883. The lowest BCUT2D eigenvalue weighted by atomic mass is 10.3. The van der Waals surface area contributed by atoms with Crippen LogP contribution in [0, 0.1) is 0 Å². The number of phenols is 2. The maximum atomic E-state index is 9.31. The first-order valence-corrected chi connectivity index (χ1v) is 5.40. The van der Waals surface area contributed by atoms with Crippen molar-refractivity contribution >= 4 is 15.9 Å². The van der Waals surface area contributed by atoms with E-state index in [0.29, 0.717) is 16.0 Å². The van der Waals surface area contributed by atoms with E-state index in [9.17, 15) is 5.11 Å². The molecule has 0 radical (unpaired) electrons. The maximum Gasteiger partial charge on any atom is 0.130 e. The highest BCUT2D eigenvalue weighted by atomic mass is 79.9. The van der Waals surface area contributed by atoms with Crippen molar-refractivity contribution in [2.24, 2.45) is 0 Å². The molecule has 0 amide bonds. The van der Waals surface area contributed by atoms with E-state index in [-0.39, 0.29) is 11.5 Å². The maximum absolute atomic E-state index is 9.31. The first kappa shape index (κ1) is 10.8. The van der Waals surface area contributed by atoms with Crippen molar-refractivity contribution in [2.45, 2.75) is 0 Å². The summed E-state index contributed by atoms with van der Waals surface area (Å²) in [5, 5.41) is 18.4. The molecule has 0 aliphatic heterocycles. The molecule has 0 fully saturated rings. The molecule has 0 aliphatic carbocycles. The van der Waals surface area contributed by atoms with Crippen molar-refractivity contribution in [1.29, 1.82) is 0 Å². The highest BCUT2D eigenvalue weighted by Gasteiger charge is 2.01. The molecule has 2 rings (SSSR count). The number of aromatic hydroxyl groups is 2. The van der Waals surface area contributed by atoms with E-state index < -0.39 is 0 Å². The van der Waals surface area contributed by atoms with Gasteiger partial charge in [-0.15, -0.1) is 0 Å². The second-order valence-corrected chi connectivity index (χ2v) is 4.06. The van der Waals surface area contributed by atoms with Gasteiger partial charge >= 0.3 is 0 Å². The molecular formula is C12H9BrO3. The summed E-state index contributed by atoms with van der Waals surface area (Å²) in [7, 11) is 0. The molecular weight excluding hydrogens is 272 g/mol. The predicted octanol–water partition coefficient (Wildman–Crippen LogP) is 3.65. The Morgan fingerprint density at radius 3 is 2.12 bits per heavy atom. The monoisotopic (exact) mass is 280 g/mol. The first-order valence-electron chi connectivity index (χ1n) is 4.60. The van der Waals surface area contributed by atoms with Gasteiger partial charge in [-0.1, -0.05) is 0 Å². The number of rotatable bonds is 2. The molecule has 2 N–H and O–H groups in total. The summed E-state index contributed by atoms with van der Waals surface area (Å²) in [6, 6.07) is 11.3. The summed E-state index contributed by atoms with van der Waals surface area (Å²) in [6.07, 6.45) is 0. The van der Waals surface area contributed by atoms with Crippen LogP contribution in [0.5, 0.6) is 23.0 Å². The zero-order valence-corrected chi connectivity index (χ0v) is 9.81. The Morgan fingerprint density at radius 1 is 0.875 bits per heavy atom. The predicted molar refractivity (Wildman–Crippen MR) is 64.0 cm³/mol. The van der Waals surface area contributed by atoms with Gasteiger partial charge in [0.05, 0.1) is 4.47 Å². The van der Waals surface area contributed by atoms with Gasteiger partial charge in [0.1, 0.15) is 23.0 Å². The van der Waals surface area contributed by atoms with Gasteiger partial charge in [-0.25, -0.2) is 0 Å². The van der Waals surface area contributed by atoms with Gasteiger partial charge in [-0.2, -0.15) is 0 Å². The Morgan fingerprint density at radius 2 is 1.50 bits per heavy atom. The third-order valence-corrected chi connectivity index (χ3v) is 2.63. The van der Waals surface area contributed by atoms with Crippen molar-refractivity contribution < 1.29 is 14.9 Å². The third kappa shape index (κ3) is 2.46. The molecule has 82 valence electrons. The van der Waals surface area contributed by atoms with Crippen molar-refractivity contribution in [1.82, 2.24) is 0 Å². The first-order chi connectivity index (χ1) is 7.65. The fourth-order valence-electron chi connectivity index (χ4n) is 1.20. The van der Waals surface area contributed by atoms with Crippen LogP contribution in [0.2, 0.25) is 0 Å². The van der Waals surface area contributed by atoms with Gasteiger partial charge in [0.2, 0.25) is 0 Å². The average molecular weight is 281 g/mol. The molecule has 2 aromatic carbocycles. The van der Waals surface area contributed by atoms with Crippen LogP contribution in [0.4, 0.5) is 0 Å². The molecule has 4 heteroatoms. The van der Waals surface area contributed by atoms with Crippen molar-refractivity contribution in [2.75, 3.05) is 0 Å². The Hall–Kier alpha value is -1.68. The lowest BCUT2D eigenvalue weighted by Crippen LogP contribution is -1.83. The number of hydrogen-bond acceptors (Lipinski definition) is 3. The minimum absolute atomic E-state index is 0.165. The van der Waals surface area contributed by atoms with E-state index in [1.807, 2.05) is 0 Å². The Kier molecular flexibility index (Phi) is 3.01. The smallest absolute Gasteiger partial charge is 0.130 e. The molecule has 0 atom stereocenters. The second kappa shape index (κ2) is 4.45. The molecule has 0 unspecified atom stereocenters. The SMILES string of the molecule is Oc1ccc(Oc2ccc(O)c(Br)c2)cc1. The lowest BCUT2D eigenvalue weighted by Gasteiger charge is -2.06. The minimum Gasteiger partial charge on any atom is -0.508 e. The van der Waals surface area contributed by atoms with Gasteiger partial charge in [0.25, 0.3) is 0 Å². The Bertz CT molecular complexity index is 494. The van der Waals surface area contributed by atoms with E-state index in [1.165, 1.54) is 0 Å². The zero-order chi connectivity index (χ0) is 11.5. The normalized spacial score (nSPS) is 10.1. The molecule has 0 aliphatic rings. The second-order valence-electron chi connectivity index (χ2n) is 3.21. The molecule has 2 aromatic rings. The van der Waals surface area contributed by atoms with Crippen LogP contribution >= 0.6 is 15.9 Å². The van der Waals surface area contributed by atoms with Gasteiger partial charge in [0.15, 0.2) is 0 Å². The van der Waals surface area contributed by atoms with Crippen LogP contribution in [-0.2, 0) is 0 Å². The van der Waals surface area contributed by atoms with E-state index in [4.69, 9.17) is 9.84 Å². The standard InChI is InChI=1S/C12H9BrO3/c13-11-7-10(5-6-12(11)15)16-9-3-1-8(14)2-4-9/h1-7,14-15H. The van der Waals surface area contributed by atoms with Crippen LogP contribution < -0.4 is 4.74 Å². The number of benzene rings is 2. The molecule has 0 spiro atoms. The van der Waals surface area contributed by atoms with Crippen molar-refractivity contribution in [3.8, 4) is 23.0 Å². The summed E-state index contributed by atoms with van der Waals surface area (Å²) < 4.78 is 6.09. The number of hydrogen-bond donors (Lipinski definition) is 2. The van der Waals surface area contributed by atoms with Crippen molar-refractivity contribution in [3.63, 3.8) is 0 Å². The van der Waals surface area contributed by atoms with Gasteiger partial charge < -0.3 is 14.9 Å². The van der Waals surface area contributed by atoms with Gasteiger partial charge in [-0.05, 0) is 58.4 Å². The van der Waals surface area contributed by atoms with Gasteiger partial charge in [0, 0.05) is 0 Å². The van der Waals surface area contributed by atoms with E-state index >= 15 is 0 Å². The molecule has 16 heavy (non-hydrogen) atoms. The van der Waals surface area contributed by atoms with Crippen LogP contribution in [0.3, 0.4) is 0 Å². The molecule has 0 saturated carbocycles. The lowest BCUT2D eigenvalue weighted by molar-refractivity contribution is 0.457. The van der Waals surface area contributed by atoms with Crippen LogP contribution in [0.25, 0.3) is 0 Å². The van der Waals surface area contributed by atoms with Crippen LogP contribution in [0.1, 0.15) is 0 Å². The molecule has 3 nitrogen and oxygen atoms in total. The van der Waals surface area contributed by atoms with E-state index in [1.54, 1.807) is 42.5 Å². The number of halogens is 1. The summed E-state index contributed by atoms with van der Waals surface area (Å²) >= 11 is 3.20. The highest BCUT2D eigenvalue weighted by molar-refractivity contribution is 9.10. The molecule has 0 aromatic heterocycles. The summed E-state index contributed by atoms with van der Waals surface area (Å²) in [4.78, 5) is 0. The zero-order valence-electron chi connectivity index (χ0n) is 8.22. The van der Waals surface area contributed by atoms with E-state index in [0.717, 1.165) is 0 Å². The number of phenolic OH excluding ortho intramolecular Hbond substituents is 2. The third-order valence-electron chi connectivity index (χ3n) is 1.99. The fourth-order valence-corrected chi connectivity index (χ4v) is 1.56. The van der Waals surface area contributed by atoms with Gasteiger partial charge in [-0.3, -0.25) is 0 Å². The van der Waals surface area contributed by atoms with Crippen molar-refractivity contribution in [3.05, 3.63) is 46.9 Å². The Balaban J connectivity index is 2.20. The fraction of sp³-hybridized carbons (Fsp3) is 0. The molecule has 0 saturated heterocycles. The number of ether oxygens (including phenoxy) is 1. The largest absolute Gasteiger partial charge is 0.508 e. The minimum atomic E-state index is 0.165. The van der Waals surface area contributed by atoms with Crippen LogP contribution in [0.15, 0.2) is 46.9 Å². The highest BCUT2D eigenvalue weighted by Crippen LogP contribution is 2.30.